The fourth-order valence-corrected chi connectivity index (χ4v) is 1.63. The van der Waals surface area contributed by atoms with Crippen LogP contribution >= 0.6 is 15.9 Å². The minimum atomic E-state index is -0.323. The number of nitrogens with zero attached hydrogens (tertiary/aromatic N) is 2. The van der Waals surface area contributed by atoms with Crippen molar-refractivity contribution >= 4 is 34.1 Å². The smallest absolute Gasteiger partial charge is 0.272 e. The van der Waals surface area contributed by atoms with Gasteiger partial charge in [0.15, 0.2) is 0 Å². The summed E-state index contributed by atoms with van der Waals surface area (Å²) in [7, 11) is 0. The van der Waals surface area contributed by atoms with Crippen molar-refractivity contribution in [1.29, 1.82) is 0 Å². The molecule has 2 aromatic rings. The first-order chi connectivity index (χ1) is 9.25. The molecular formula is C13H10BrN3O2. The number of carbonyl (C=O) groups excluding carboxylic acids is 1. The van der Waals surface area contributed by atoms with E-state index >= 15 is 0 Å². The zero-order chi connectivity index (χ0) is 13.5. The second-order valence-electron chi connectivity index (χ2n) is 3.49. The van der Waals surface area contributed by atoms with Crippen molar-refractivity contribution in [2.24, 2.45) is 5.10 Å². The van der Waals surface area contributed by atoms with Crippen LogP contribution in [0.3, 0.4) is 0 Å². The average molecular weight is 320 g/mol. The lowest BCUT2D eigenvalue weighted by Gasteiger charge is -1.98. The van der Waals surface area contributed by atoms with Gasteiger partial charge in [0, 0.05) is 23.1 Å². The molecule has 2 rings (SSSR count). The Kier molecular flexibility index (Phi) is 4.63. The number of allylic oxidation sites excluding steroid dienone is 1. The van der Waals surface area contributed by atoms with Crippen molar-refractivity contribution in [2.75, 3.05) is 0 Å². The molecule has 0 fully saturated rings. The predicted octanol–water partition coefficient (Wildman–Crippen LogP) is 2.87. The van der Waals surface area contributed by atoms with Gasteiger partial charge in [-0.1, -0.05) is 0 Å². The van der Waals surface area contributed by atoms with Gasteiger partial charge in [-0.05, 0) is 46.3 Å². The Morgan fingerprint density at radius 2 is 2.37 bits per heavy atom. The molecule has 0 aliphatic heterocycles. The number of halogens is 1. The number of rotatable bonds is 4. The van der Waals surface area contributed by atoms with Gasteiger partial charge in [0.05, 0.1) is 11.8 Å². The number of nitrogens with one attached hydrogen (secondary N) is 1. The summed E-state index contributed by atoms with van der Waals surface area (Å²) in [6.45, 7) is 0. The van der Waals surface area contributed by atoms with Crippen LogP contribution in [0.4, 0.5) is 0 Å². The predicted molar refractivity (Wildman–Crippen MR) is 75.6 cm³/mol. The van der Waals surface area contributed by atoms with Gasteiger partial charge >= 0.3 is 0 Å². The summed E-state index contributed by atoms with van der Waals surface area (Å²) in [5.41, 5.74) is 2.83. The molecule has 0 aliphatic carbocycles. The monoisotopic (exact) mass is 319 g/mol. The fourth-order valence-electron chi connectivity index (χ4n) is 1.26. The van der Waals surface area contributed by atoms with Crippen molar-refractivity contribution in [1.82, 2.24) is 10.4 Å². The zero-order valence-corrected chi connectivity index (χ0v) is 11.4. The van der Waals surface area contributed by atoms with Gasteiger partial charge in [-0.25, -0.2) is 5.43 Å². The molecule has 2 heterocycles. The van der Waals surface area contributed by atoms with Crippen LogP contribution in [0.1, 0.15) is 16.1 Å². The van der Waals surface area contributed by atoms with Gasteiger partial charge in [-0.15, -0.1) is 0 Å². The Bertz CT molecular complexity index is 606. The van der Waals surface area contributed by atoms with E-state index in [1.54, 1.807) is 36.7 Å². The van der Waals surface area contributed by atoms with E-state index in [0.29, 0.717) is 11.3 Å². The highest BCUT2D eigenvalue weighted by Gasteiger charge is 2.04. The first kappa shape index (κ1) is 13.2. The van der Waals surface area contributed by atoms with Crippen LogP contribution < -0.4 is 5.43 Å². The zero-order valence-electron chi connectivity index (χ0n) is 9.79. The number of furan rings is 1. The molecule has 0 atom stereocenters. The van der Waals surface area contributed by atoms with Gasteiger partial charge < -0.3 is 4.42 Å². The summed E-state index contributed by atoms with van der Waals surface area (Å²) >= 11 is 3.24. The first-order valence-electron chi connectivity index (χ1n) is 5.40. The maximum absolute atomic E-state index is 11.7. The highest BCUT2D eigenvalue weighted by molar-refractivity contribution is 9.10. The number of hydrogen-bond donors (Lipinski definition) is 1. The Hall–Kier alpha value is -2.21. The third-order valence-corrected chi connectivity index (χ3v) is 2.53. The first-order valence-corrected chi connectivity index (χ1v) is 6.19. The molecule has 0 spiro atoms. The molecule has 0 bridgehead atoms. The van der Waals surface area contributed by atoms with Crippen LogP contribution in [0.2, 0.25) is 0 Å². The standard InChI is InChI=1S/C13H10BrN3O2/c14-11-7-10(8-15-9-11)13(18)17-16-5-1-3-12-4-2-6-19-12/h1-9H,(H,17,18)/b3-1+,16-5-. The molecule has 6 heteroatoms. The van der Waals surface area contributed by atoms with E-state index in [4.69, 9.17) is 4.42 Å². The third kappa shape index (κ3) is 4.18. The molecule has 0 saturated carbocycles. The van der Waals surface area contributed by atoms with Gasteiger partial charge in [0.1, 0.15) is 5.76 Å². The van der Waals surface area contributed by atoms with Crippen LogP contribution in [0.25, 0.3) is 6.08 Å². The maximum atomic E-state index is 11.7. The molecule has 0 unspecified atom stereocenters. The van der Waals surface area contributed by atoms with Gasteiger partial charge in [0.25, 0.3) is 5.91 Å². The van der Waals surface area contributed by atoms with Gasteiger partial charge in [-0.2, -0.15) is 5.10 Å². The van der Waals surface area contributed by atoms with E-state index in [1.807, 2.05) is 6.07 Å². The second-order valence-corrected chi connectivity index (χ2v) is 4.40. The third-order valence-electron chi connectivity index (χ3n) is 2.10. The van der Waals surface area contributed by atoms with Crippen molar-refractivity contribution in [3.63, 3.8) is 0 Å². The molecule has 2 aromatic heterocycles. The summed E-state index contributed by atoms with van der Waals surface area (Å²) in [4.78, 5) is 15.6. The number of pyridine rings is 1. The summed E-state index contributed by atoms with van der Waals surface area (Å²) in [5.74, 6) is 0.394. The molecule has 1 amide bonds. The summed E-state index contributed by atoms with van der Waals surface area (Å²) < 4.78 is 5.83. The lowest BCUT2D eigenvalue weighted by molar-refractivity contribution is 0.0954. The van der Waals surface area contributed by atoms with E-state index in [0.717, 1.165) is 4.47 Å². The van der Waals surface area contributed by atoms with Crippen LogP contribution in [-0.2, 0) is 0 Å². The van der Waals surface area contributed by atoms with Gasteiger partial charge in [0.2, 0.25) is 0 Å². The van der Waals surface area contributed by atoms with Crippen LogP contribution in [0.5, 0.6) is 0 Å². The van der Waals surface area contributed by atoms with Crippen LogP contribution in [-0.4, -0.2) is 17.1 Å². The van der Waals surface area contributed by atoms with Crippen LogP contribution in [0, 0.1) is 0 Å². The minimum absolute atomic E-state index is 0.323. The number of aromatic nitrogens is 1. The topological polar surface area (TPSA) is 67.5 Å². The van der Waals surface area contributed by atoms with E-state index in [1.165, 1.54) is 12.4 Å². The molecular weight excluding hydrogens is 310 g/mol. The molecule has 0 aromatic carbocycles. The average Bonchev–Trinajstić information content (AvgIpc) is 2.91. The van der Waals surface area contributed by atoms with Crippen molar-refractivity contribution in [2.45, 2.75) is 0 Å². The largest absolute Gasteiger partial charge is 0.465 e. The Labute approximate surface area is 118 Å². The normalized spacial score (nSPS) is 11.2. The maximum Gasteiger partial charge on any atom is 0.272 e. The fraction of sp³-hybridized carbons (Fsp3) is 0. The van der Waals surface area contributed by atoms with E-state index < -0.39 is 0 Å². The summed E-state index contributed by atoms with van der Waals surface area (Å²) in [6.07, 6.45) is 9.51. The van der Waals surface area contributed by atoms with E-state index in [9.17, 15) is 4.79 Å². The number of carbonyl (C=O) groups is 1. The Morgan fingerprint density at radius 1 is 1.47 bits per heavy atom. The molecule has 0 saturated heterocycles. The lowest BCUT2D eigenvalue weighted by atomic mass is 10.3. The SMILES string of the molecule is O=C(N/N=C\C=C\c1ccco1)c1cncc(Br)c1. The lowest BCUT2D eigenvalue weighted by Crippen LogP contribution is -2.17. The molecule has 0 radical (unpaired) electrons. The highest BCUT2D eigenvalue weighted by Crippen LogP contribution is 2.09. The van der Waals surface area contributed by atoms with Crippen molar-refractivity contribution in [3.8, 4) is 0 Å². The summed E-state index contributed by atoms with van der Waals surface area (Å²) in [6, 6.07) is 5.27. The van der Waals surface area contributed by atoms with Crippen molar-refractivity contribution < 1.29 is 9.21 Å². The van der Waals surface area contributed by atoms with Crippen molar-refractivity contribution in [3.05, 3.63) is 58.7 Å². The molecule has 5 nitrogen and oxygen atoms in total. The quantitative estimate of drug-likeness (QED) is 0.696. The van der Waals surface area contributed by atoms with Gasteiger partial charge in [-0.3, -0.25) is 9.78 Å². The van der Waals surface area contributed by atoms with E-state index in [-0.39, 0.29) is 5.91 Å². The number of amides is 1. The number of hydrogen-bond acceptors (Lipinski definition) is 4. The molecule has 1 N–H and O–H groups in total. The Morgan fingerprint density at radius 3 is 3.11 bits per heavy atom. The Balaban J connectivity index is 1.87. The molecule has 96 valence electrons. The second kappa shape index (κ2) is 6.65. The minimum Gasteiger partial charge on any atom is -0.465 e. The van der Waals surface area contributed by atoms with E-state index in [2.05, 4.69) is 31.4 Å². The van der Waals surface area contributed by atoms with Crippen LogP contribution in [0.15, 0.2) is 56.9 Å². The molecule has 0 aliphatic rings. The highest BCUT2D eigenvalue weighted by atomic mass is 79.9. The summed E-state index contributed by atoms with van der Waals surface area (Å²) in [5, 5.41) is 3.78. The number of hydrazone groups is 1. The molecule has 19 heavy (non-hydrogen) atoms.